The fraction of sp³-hybridized carbons (Fsp3) is 0.235. The van der Waals surface area contributed by atoms with E-state index in [1.807, 2.05) is 12.1 Å². The maximum absolute atomic E-state index is 13.8. The normalized spacial score (nSPS) is 15.7. The summed E-state index contributed by atoms with van der Waals surface area (Å²) in [5.41, 5.74) is 7.25. The molecule has 0 amide bonds. The van der Waals surface area contributed by atoms with E-state index in [1.54, 1.807) is 24.3 Å². The van der Waals surface area contributed by atoms with Crippen LogP contribution in [0.2, 0.25) is 5.02 Å². The Bertz CT molecular complexity index is 692. The van der Waals surface area contributed by atoms with Gasteiger partial charge in [-0.25, -0.2) is 4.39 Å². The molecule has 1 aliphatic rings. The highest BCUT2D eigenvalue weighted by Gasteiger charge is 2.50. The van der Waals surface area contributed by atoms with E-state index >= 15 is 0 Å². The molecule has 1 fully saturated rings. The van der Waals surface area contributed by atoms with Gasteiger partial charge in [0.15, 0.2) is 0 Å². The van der Waals surface area contributed by atoms with Crippen molar-refractivity contribution in [2.45, 2.75) is 24.7 Å². The van der Waals surface area contributed by atoms with E-state index in [1.165, 1.54) is 6.07 Å². The highest BCUT2D eigenvalue weighted by atomic mass is 35.5. The first-order valence-corrected chi connectivity index (χ1v) is 7.22. The van der Waals surface area contributed by atoms with Crippen LogP contribution in [0.3, 0.4) is 0 Å². The lowest BCUT2D eigenvalue weighted by atomic mass is 9.88. The number of Topliss-reactive ketones (excluding diaryl/α,β-unsaturated/α-hetero) is 1. The number of nitrogen functional groups attached to an aromatic ring is 1. The first-order chi connectivity index (χ1) is 10.0. The molecule has 108 valence electrons. The number of halogens is 2. The Morgan fingerprint density at radius 3 is 2.43 bits per heavy atom. The molecule has 2 nitrogen and oxygen atoms in total. The van der Waals surface area contributed by atoms with E-state index in [0.717, 1.165) is 18.4 Å². The number of hydrogen-bond donors (Lipinski definition) is 1. The second-order valence-electron chi connectivity index (χ2n) is 5.54. The molecule has 3 rings (SSSR count). The summed E-state index contributed by atoms with van der Waals surface area (Å²) in [5.74, 6) is -0.377. The van der Waals surface area contributed by atoms with Crippen molar-refractivity contribution in [2.75, 3.05) is 5.73 Å². The molecule has 4 heteroatoms. The largest absolute Gasteiger partial charge is 0.399 e. The molecular weight excluding hydrogens is 289 g/mol. The molecule has 2 aromatic rings. The maximum Gasteiger partial charge on any atom is 0.147 e. The molecule has 2 N–H and O–H groups in total. The van der Waals surface area contributed by atoms with Crippen LogP contribution in [0.1, 0.15) is 24.0 Å². The Morgan fingerprint density at radius 2 is 1.86 bits per heavy atom. The van der Waals surface area contributed by atoms with Crippen LogP contribution in [0, 0.1) is 5.82 Å². The Labute approximate surface area is 127 Å². The van der Waals surface area contributed by atoms with Crippen LogP contribution in [-0.4, -0.2) is 5.78 Å². The number of anilines is 1. The molecule has 0 bridgehead atoms. The van der Waals surface area contributed by atoms with Crippen molar-refractivity contribution in [1.29, 1.82) is 0 Å². The number of benzene rings is 2. The summed E-state index contributed by atoms with van der Waals surface area (Å²) in [6.07, 6.45) is 1.71. The predicted molar refractivity (Wildman–Crippen MR) is 81.9 cm³/mol. The molecule has 0 saturated heterocycles. The SMILES string of the molecule is Nc1ccc(C2(C(=O)Cc3ccc(Cl)cc3F)CC2)cc1. The third kappa shape index (κ3) is 2.66. The van der Waals surface area contributed by atoms with Gasteiger partial charge in [0, 0.05) is 17.1 Å². The third-order valence-electron chi connectivity index (χ3n) is 4.11. The number of hydrogen-bond acceptors (Lipinski definition) is 2. The van der Waals surface area contributed by atoms with E-state index in [9.17, 15) is 9.18 Å². The minimum atomic E-state index is -0.459. The minimum Gasteiger partial charge on any atom is -0.399 e. The van der Waals surface area contributed by atoms with Gasteiger partial charge in [-0.2, -0.15) is 0 Å². The van der Waals surface area contributed by atoms with Gasteiger partial charge in [-0.05, 0) is 48.2 Å². The molecule has 1 saturated carbocycles. The Morgan fingerprint density at radius 1 is 1.19 bits per heavy atom. The van der Waals surface area contributed by atoms with Crippen molar-refractivity contribution in [3.8, 4) is 0 Å². The first kappa shape index (κ1) is 14.1. The van der Waals surface area contributed by atoms with Crippen LogP contribution in [0.25, 0.3) is 0 Å². The fourth-order valence-electron chi connectivity index (χ4n) is 2.66. The lowest BCUT2D eigenvalue weighted by Crippen LogP contribution is -2.23. The van der Waals surface area contributed by atoms with Crippen molar-refractivity contribution in [2.24, 2.45) is 0 Å². The van der Waals surface area contributed by atoms with E-state index < -0.39 is 11.2 Å². The minimum absolute atomic E-state index is 0.0495. The Kier molecular flexibility index (Phi) is 3.46. The predicted octanol–water partition coefficient (Wildman–Crippen LogP) is 3.90. The Balaban J connectivity index is 1.83. The van der Waals surface area contributed by atoms with Gasteiger partial charge in [0.25, 0.3) is 0 Å². The summed E-state index contributed by atoms with van der Waals surface area (Å²) < 4.78 is 13.8. The van der Waals surface area contributed by atoms with Gasteiger partial charge in [-0.3, -0.25) is 4.79 Å². The molecule has 0 atom stereocenters. The van der Waals surface area contributed by atoms with Crippen LogP contribution >= 0.6 is 11.6 Å². The second-order valence-corrected chi connectivity index (χ2v) is 5.98. The summed E-state index contributed by atoms with van der Waals surface area (Å²) in [6.45, 7) is 0. The zero-order chi connectivity index (χ0) is 15.0. The second kappa shape index (κ2) is 5.15. The monoisotopic (exact) mass is 303 g/mol. The number of nitrogens with two attached hydrogens (primary N) is 1. The quantitative estimate of drug-likeness (QED) is 0.870. The number of carbonyl (C=O) groups is 1. The average Bonchev–Trinajstić information content (AvgIpc) is 3.24. The third-order valence-corrected chi connectivity index (χ3v) is 4.35. The molecule has 0 radical (unpaired) electrons. The van der Waals surface area contributed by atoms with Crippen LogP contribution in [0.15, 0.2) is 42.5 Å². The number of carbonyl (C=O) groups excluding carboxylic acids is 1. The molecule has 2 aromatic carbocycles. The molecule has 1 aliphatic carbocycles. The van der Waals surface area contributed by atoms with Gasteiger partial charge in [0.2, 0.25) is 0 Å². The van der Waals surface area contributed by atoms with E-state index in [2.05, 4.69) is 0 Å². The van der Waals surface area contributed by atoms with Crippen molar-refractivity contribution in [3.63, 3.8) is 0 Å². The lowest BCUT2D eigenvalue weighted by Gasteiger charge is -2.15. The molecular formula is C17H15ClFNO. The van der Waals surface area contributed by atoms with Crippen molar-refractivity contribution >= 4 is 23.1 Å². The van der Waals surface area contributed by atoms with E-state index in [-0.39, 0.29) is 12.2 Å². The summed E-state index contributed by atoms with van der Waals surface area (Å²) in [7, 11) is 0. The van der Waals surface area contributed by atoms with Crippen molar-refractivity contribution in [1.82, 2.24) is 0 Å². The lowest BCUT2D eigenvalue weighted by molar-refractivity contribution is -0.120. The van der Waals surface area contributed by atoms with Crippen LogP contribution in [0.5, 0.6) is 0 Å². The smallest absolute Gasteiger partial charge is 0.147 e. The van der Waals surface area contributed by atoms with Gasteiger partial charge in [-0.1, -0.05) is 29.8 Å². The highest BCUT2D eigenvalue weighted by Crippen LogP contribution is 2.49. The topological polar surface area (TPSA) is 43.1 Å². The molecule has 0 aliphatic heterocycles. The summed E-state index contributed by atoms with van der Waals surface area (Å²) in [5, 5.41) is 0.336. The molecule has 0 unspecified atom stereocenters. The van der Waals surface area contributed by atoms with Gasteiger partial charge >= 0.3 is 0 Å². The highest BCUT2D eigenvalue weighted by molar-refractivity contribution is 6.30. The van der Waals surface area contributed by atoms with E-state index in [0.29, 0.717) is 16.3 Å². The van der Waals surface area contributed by atoms with Crippen molar-refractivity contribution in [3.05, 3.63) is 64.4 Å². The van der Waals surface area contributed by atoms with Crippen molar-refractivity contribution < 1.29 is 9.18 Å². The van der Waals surface area contributed by atoms with Crippen LogP contribution < -0.4 is 5.73 Å². The molecule has 0 heterocycles. The van der Waals surface area contributed by atoms with Gasteiger partial charge in [-0.15, -0.1) is 0 Å². The van der Waals surface area contributed by atoms with Gasteiger partial charge < -0.3 is 5.73 Å². The standard InChI is InChI=1S/C17H15ClFNO/c18-13-4-1-11(15(19)10-13)9-16(21)17(7-8-17)12-2-5-14(20)6-3-12/h1-6,10H,7-9,20H2. The van der Waals surface area contributed by atoms with Crippen LogP contribution in [-0.2, 0) is 16.6 Å². The maximum atomic E-state index is 13.8. The summed E-state index contributed by atoms with van der Waals surface area (Å²) in [4.78, 5) is 12.6. The molecule has 0 spiro atoms. The molecule has 21 heavy (non-hydrogen) atoms. The van der Waals surface area contributed by atoms with Gasteiger partial charge in [0.1, 0.15) is 11.6 Å². The van der Waals surface area contributed by atoms with E-state index in [4.69, 9.17) is 17.3 Å². The van der Waals surface area contributed by atoms with Gasteiger partial charge in [0.05, 0.1) is 5.41 Å². The summed E-state index contributed by atoms with van der Waals surface area (Å²) >= 11 is 5.73. The average molecular weight is 304 g/mol. The fourth-order valence-corrected chi connectivity index (χ4v) is 2.82. The molecule has 0 aromatic heterocycles. The number of rotatable bonds is 4. The zero-order valence-corrected chi connectivity index (χ0v) is 12.2. The zero-order valence-electron chi connectivity index (χ0n) is 11.4. The first-order valence-electron chi connectivity index (χ1n) is 6.84. The number of ketones is 1. The van der Waals surface area contributed by atoms with Crippen LogP contribution in [0.4, 0.5) is 10.1 Å². The summed E-state index contributed by atoms with van der Waals surface area (Å²) in [6, 6.07) is 11.8. The Hall–Kier alpha value is -1.87.